The van der Waals surface area contributed by atoms with Gasteiger partial charge in [-0.2, -0.15) is 4.98 Å². The molecule has 2 aromatic rings. The number of likely N-dealkylation sites (N-methyl/N-ethyl adjacent to an activating group) is 1. The summed E-state index contributed by atoms with van der Waals surface area (Å²) in [6, 6.07) is 11.1. The van der Waals surface area contributed by atoms with Crippen molar-refractivity contribution in [1.29, 1.82) is 0 Å². The molecule has 0 radical (unpaired) electrons. The molecule has 26 heavy (non-hydrogen) atoms. The average molecular weight is 355 g/mol. The first-order chi connectivity index (χ1) is 12.5. The summed E-state index contributed by atoms with van der Waals surface area (Å²) in [6.07, 6.45) is 6.07. The summed E-state index contributed by atoms with van der Waals surface area (Å²) in [7, 11) is 0. The standard InChI is InChI=1S/C20H29N5O/c1-3-24(18-9-6-16(21)13-18)14(2)12-15-4-7-17(8-5-15)25-11-10-19(22)23-20(25)26/h4-5,7-8,10-11,14,16,18H,3,6,9,12-13,21H2,1-2H3,(H2,22,23,26)/t14?,16-,18?/m1/s1. The molecule has 0 bridgehead atoms. The molecule has 1 heterocycles. The van der Waals surface area contributed by atoms with E-state index in [9.17, 15) is 4.79 Å². The molecule has 140 valence electrons. The normalized spacial score (nSPS) is 21.2. The van der Waals surface area contributed by atoms with Crippen LogP contribution in [0, 0.1) is 0 Å². The van der Waals surface area contributed by atoms with E-state index in [0.717, 1.165) is 31.5 Å². The van der Waals surface area contributed by atoms with Gasteiger partial charge >= 0.3 is 5.69 Å². The summed E-state index contributed by atoms with van der Waals surface area (Å²) in [5.74, 6) is 0.239. The van der Waals surface area contributed by atoms with E-state index in [2.05, 4.69) is 35.9 Å². The number of aromatic nitrogens is 2. The molecule has 0 amide bonds. The molecule has 1 aromatic heterocycles. The van der Waals surface area contributed by atoms with Gasteiger partial charge in [-0.3, -0.25) is 9.47 Å². The Balaban J connectivity index is 1.69. The monoisotopic (exact) mass is 355 g/mol. The zero-order valence-electron chi connectivity index (χ0n) is 15.6. The van der Waals surface area contributed by atoms with Gasteiger partial charge in [-0.15, -0.1) is 0 Å². The van der Waals surface area contributed by atoms with Gasteiger partial charge in [0.05, 0.1) is 5.69 Å². The van der Waals surface area contributed by atoms with E-state index >= 15 is 0 Å². The van der Waals surface area contributed by atoms with Gasteiger partial charge in [0.2, 0.25) is 0 Å². The van der Waals surface area contributed by atoms with Crippen molar-refractivity contribution >= 4 is 5.82 Å². The number of anilines is 1. The number of hydrogen-bond acceptors (Lipinski definition) is 5. The second-order valence-corrected chi connectivity index (χ2v) is 7.28. The second-order valence-electron chi connectivity index (χ2n) is 7.28. The molecule has 3 atom stereocenters. The largest absolute Gasteiger partial charge is 0.383 e. The number of nitrogens with zero attached hydrogens (tertiary/aromatic N) is 3. The van der Waals surface area contributed by atoms with E-state index in [4.69, 9.17) is 11.5 Å². The Morgan fingerprint density at radius 1 is 1.27 bits per heavy atom. The minimum atomic E-state index is -0.360. The van der Waals surface area contributed by atoms with E-state index in [0.29, 0.717) is 18.1 Å². The van der Waals surface area contributed by atoms with Gasteiger partial charge < -0.3 is 11.5 Å². The molecule has 1 saturated carbocycles. The van der Waals surface area contributed by atoms with E-state index in [-0.39, 0.29) is 11.5 Å². The third-order valence-electron chi connectivity index (χ3n) is 5.42. The zero-order chi connectivity index (χ0) is 18.7. The van der Waals surface area contributed by atoms with Crippen LogP contribution in [0.4, 0.5) is 5.82 Å². The average Bonchev–Trinajstić information content (AvgIpc) is 3.02. The third kappa shape index (κ3) is 4.14. The summed E-state index contributed by atoms with van der Waals surface area (Å²) in [4.78, 5) is 18.3. The fourth-order valence-corrected chi connectivity index (χ4v) is 4.09. The smallest absolute Gasteiger partial charge is 0.354 e. The first kappa shape index (κ1) is 18.6. The molecule has 1 fully saturated rings. The number of benzene rings is 1. The summed E-state index contributed by atoms with van der Waals surface area (Å²) < 4.78 is 1.50. The molecule has 6 nitrogen and oxygen atoms in total. The van der Waals surface area contributed by atoms with Crippen LogP contribution in [0.1, 0.15) is 38.7 Å². The second kappa shape index (κ2) is 8.01. The molecule has 1 aliphatic rings. The lowest BCUT2D eigenvalue weighted by Crippen LogP contribution is -2.42. The Morgan fingerprint density at radius 3 is 2.58 bits per heavy atom. The van der Waals surface area contributed by atoms with Crippen LogP contribution in [0.15, 0.2) is 41.3 Å². The molecule has 2 unspecified atom stereocenters. The number of nitrogen functional groups attached to an aromatic ring is 1. The summed E-state index contributed by atoms with van der Waals surface area (Å²) in [5, 5.41) is 0. The van der Waals surface area contributed by atoms with Gasteiger partial charge in [-0.1, -0.05) is 19.1 Å². The molecule has 0 aliphatic heterocycles. The highest BCUT2D eigenvalue weighted by atomic mass is 16.1. The maximum Gasteiger partial charge on any atom is 0.354 e. The van der Waals surface area contributed by atoms with Crippen LogP contribution in [0.2, 0.25) is 0 Å². The quantitative estimate of drug-likeness (QED) is 0.826. The minimum absolute atomic E-state index is 0.239. The van der Waals surface area contributed by atoms with E-state index < -0.39 is 0 Å². The van der Waals surface area contributed by atoms with Crippen LogP contribution in [0.25, 0.3) is 5.69 Å². The topological polar surface area (TPSA) is 90.2 Å². The van der Waals surface area contributed by atoms with Gasteiger partial charge in [-0.05, 0) is 62.9 Å². The minimum Gasteiger partial charge on any atom is -0.383 e. The number of nitrogens with two attached hydrogens (primary N) is 2. The van der Waals surface area contributed by atoms with Crippen molar-refractivity contribution in [3.63, 3.8) is 0 Å². The summed E-state index contributed by atoms with van der Waals surface area (Å²) >= 11 is 0. The SMILES string of the molecule is CCN(C(C)Cc1ccc(-n2ccc(N)nc2=O)cc1)C1CC[C@@H](N)C1. The molecule has 0 saturated heterocycles. The predicted molar refractivity (Wildman–Crippen MR) is 105 cm³/mol. The van der Waals surface area contributed by atoms with Crippen molar-refractivity contribution in [3.8, 4) is 5.69 Å². The van der Waals surface area contributed by atoms with Gasteiger partial charge in [-0.25, -0.2) is 4.79 Å². The maximum atomic E-state index is 12.0. The van der Waals surface area contributed by atoms with Crippen LogP contribution in [0.5, 0.6) is 0 Å². The van der Waals surface area contributed by atoms with Gasteiger partial charge in [0.1, 0.15) is 5.82 Å². The lowest BCUT2D eigenvalue weighted by Gasteiger charge is -2.33. The van der Waals surface area contributed by atoms with Gasteiger partial charge in [0.15, 0.2) is 0 Å². The third-order valence-corrected chi connectivity index (χ3v) is 5.42. The Hall–Kier alpha value is -2.18. The predicted octanol–water partition coefficient (Wildman–Crippen LogP) is 1.95. The fourth-order valence-electron chi connectivity index (χ4n) is 4.09. The molecule has 3 rings (SSSR count). The molecule has 4 N–H and O–H groups in total. The highest BCUT2D eigenvalue weighted by Gasteiger charge is 2.29. The van der Waals surface area contributed by atoms with Crippen LogP contribution in [-0.4, -0.2) is 39.1 Å². The van der Waals surface area contributed by atoms with Crippen molar-refractivity contribution < 1.29 is 0 Å². The number of hydrogen-bond donors (Lipinski definition) is 2. The summed E-state index contributed by atoms with van der Waals surface area (Å²) in [6.45, 7) is 5.56. The molecule has 1 aliphatic carbocycles. The van der Waals surface area contributed by atoms with Crippen LogP contribution >= 0.6 is 0 Å². The molecule has 1 aromatic carbocycles. The number of rotatable bonds is 6. The van der Waals surface area contributed by atoms with Crippen molar-refractivity contribution in [1.82, 2.24) is 14.5 Å². The highest BCUT2D eigenvalue weighted by Crippen LogP contribution is 2.25. The van der Waals surface area contributed by atoms with E-state index in [1.165, 1.54) is 16.6 Å². The van der Waals surface area contributed by atoms with Crippen molar-refractivity contribution in [2.45, 2.75) is 57.7 Å². The van der Waals surface area contributed by atoms with E-state index in [1.54, 1.807) is 12.3 Å². The maximum absolute atomic E-state index is 12.0. The van der Waals surface area contributed by atoms with Crippen molar-refractivity contribution in [2.75, 3.05) is 12.3 Å². The Morgan fingerprint density at radius 2 is 2.00 bits per heavy atom. The van der Waals surface area contributed by atoms with Gasteiger partial charge in [0.25, 0.3) is 0 Å². The Kier molecular flexibility index (Phi) is 5.74. The van der Waals surface area contributed by atoms with Crippen LogP contribution in [-0.2, 0) is 6.42 Å². The molecular weight excluding hydrogens is 326 g/mol. The fraction of sp³-hybridized carbons (Fsp3) is 0.500. The summed E-state index contributed by atoms with van der Waals surface area (Å²) in [5.41, 5.74) is 13.3. The highest BCUT2D eigenvalue weighted by molar-refractivity contribution is 5.36. The van der Waals surface area contributed by atoms with Gasteiger partial charge in [0, 0.05) is 24.3 Å². The van der Waals surface area contributed by atoms with Crippen LogP contribution < -0.4 is 17.2 Å². The Labute approximate surface area is 154 Å². The Bertz CT molecular complexity index is 786. The van der Waals surface area contributed by atoms with E-state index in [1.807, 2.05) is 12.1 Å². The zero-order valence-corrected chi connectivity index (χ0v) is 15.6. The van der Waals surface area contributed by atoms with Crippen molar-refractivity contribution in [2.24, 2.45) is 5.73 Å². The lowest BCUT2D eigenvalue weighted by molar-refractivity contribution is 0.152. The molecular formula is C20H29N5O. The molecule has 0 spiro atoms. The molecule has 6 heteroatoms. The lowest BCUT2D eigenvalue weighted by atomic mass is 10.0. The van der Waals surface area contributed by atoms with Crippen LogP contribution in [0.3, 0.4) is 0 Å². The first-order valence-electron chi connectivity index (χ1n) is 9.43. The first-order valence-corrected chi connectivity index (χ1v) is 9.43. The van der Waals surface area contributed by atoms with Crippen molar-refractivity contribution in [3.05, 3.63) is 52.6 Å².